The summed E-state index contributed by atoms with van der Waals surface area (Å²) in [5, 5.41) is 6.60. The molecular formula is C20H31ClN2O3. The minimum absolute atomic E-state index is 0. The van der Waals surface area contributed by atoms with Crippen molar-refractivity contribution < 1.29 is 14.3 Å². The normalized spacial score (nSPS) is 24.6. The zero-order valence-corrected chi connectivity index (χ0v) is 16.4. The highest BCUT2D eigenvalue weighted by Gasteiger charge is 2.49. The van der Waals surface area contributed by atoms with Gasteiger partial charge in [-0.2, -0.15) is 0 Å². The van der Waals surface area contributed by atoms with Crippen LogP contribution in [0.3, 0.4) is 0 Å². The zero-order chi connectivity index (χ0) is 17.5. The molecule has 6 heteroatoms. The Hall–Kier alpha value is -1.14. The molecule has 1 saturated carbocycles. The second-order valence-corrected chi connectivity index (χ2v) is 7.13. The number of anilines is 1. The number of nitrogens with one attached hydrogen (secondary N) is 2. The van der Waals surface area contributed by atoms with Gasteiger partial charge in [0.1, 0.15) is 0 Å². The van der Waals surface area contributed by atoms with Gasteiger partial charge >= 0.3 is 0 Å². The van der Waals surface area contributed by atoms with Crippen LogP contribution < -0.4 is 10.6 Å². The molecule has 0 bridgehead atoms. The Bertz CT molecular complexity index is 584. The maximum Gasteiger partial charge on any atom is 0.232 e. The van der Waals surface area contributed by atoms with Crippen LogP contribution in [-0.2, 0) is 20.9 Å². The molecule has 0 spiro atoms. The van der Waals surface area contributed by atoms with E-state index in [2.05, 4.69) is 10.6 Å². The highest BCUT2D eigenvalue weighted by molar-refractivity contribution is 5.96. The number of carbonyl (C=O) groups excluding carboxylic acids is 1. The first-order chi connectivity index (χ1) is 12.2. The second kappa shape index (κ2) is 10.3. The minimum Gasteiger partial charge on any atom is -0.379 e. The molecule has 5 nitrogen and oxygen atoms in total. The summed E-state index contributed by atoms with van der Waals surface area (Å²) in [4.78, 5) is 13.0. The van der Waals surface area contributed by atoms with Gasteiger partial charge in [0.15, 0.2) is 0 Å². The van der Waals surface area contributed by atoms with Crippen LogP contribution in [0.2, 0.25) is 0 Å². The van der Waals surface area contributed by atoms with Crippen molar-refractivity contribution in [3.63, 3.8) is 0 Å². The van der Waals surface area contributed by atoms with E-state index in [1.165, 1.54) is 6.42 Å². The van der Waals surface area contributed by atoms with Gasteiger partial charge in [0.2, 0.25) is 5.91 Å². The van der Waals surface area contributed by atoms with Gasteiger partial charge in [-0.1, -0.05) is 25.0 Å². The Kier molecular flexibility index (Phi) is 8.35. The number of ether oxygens (including phenoxy) is 2. The Morgan fingerprint density at radius 1 is 1.31 bits per heavy atom. The largest absolute Gasteiger partial charge is 0.379 e. The van der Waals surface area contributed by atoms with Gasteiger partial charge in [-0.05, 0) is 49.9 Å². The molecule has 2 atom stereocenters. The van der Waals surface area contributed by atoms with E-state index >= 15 is 0 Å². The molecule has 1 amide bonds. The molecule has 146 valence electrons. The van der Waals surface area contributed by atoms with E-state index in [1.54, 1.807) is 0 Å². The summed E-state index contributed by atoms with van der Waals surface area (Å²) in [5.74, 6) is 0.656. The molecule has 2 fully saturated rings. The van der Waals surface area contributed by atoms with E-state index in [1.807, 2.05) is 31.2 Å². The third-order valence-corrected chi connectivity index (χ3v) is 5.52. The van der Waals surface area contributed by atoms with Gasteiger partial charge in [-0.25, -0.2) is 0 Å². The topological polar surface area (TPSA) is 59.6 Å². The first kappa shape index (κ1) is 21.2. The average molecular weight is 383 g/mol. The Balaban J connectivity index is 0.00000243. The van der Waals surface area contributed by atoms with Crippen molar-refractivity contribution >= 4 is 24.0 Å². The van der Waals surface area contributed by atoms with Crippen LogP contribution in [0.25, 0.3) is 0 Å². The molecular weight excluding hydrogens is 352 g/mol. The molecule has 1 aliphatic carbocycles. The number of rotatable bonds is 8. The summed E-state index contributed by atoms with van der Waals surface area (Å²) in [7, 11) is 0. The summed E-state index contributed by atoms with van der Waals surface area (Å²) >= 11 is 0. The van der Waals surface area contributed by atoms with Gasteiger partial charge in [-0.3, -0.25) is 4.79 Å². The number of amides is 1. The van der Waals surface area contributed by atoms with E-state index in [9.17, 15) is 4.79 Å². The van der Waals surface area contributed by atoms with E-state index in [-0.39, 0.29) is 23.7 Å². The highest BCUT2D eigenvalue weighted by atomic mass is 35.5. The predicted octanol–water partition coefficient (Wildman–Crippen LogP) is 3.38. The molecule has 3 rings (SSSR count). The van der Waals surface area contributed by atoms with Gasteiger partial charge in [-0.15, -0.1) is 12.4 Å². The standard InChI is InChI=1S/C20H30N2O3.ClH/c1-2-24-10-11-25-14-16-6-5-8-18(12-16)22-19(23)20-9-4-3-7-17(20)13-21-15-20;/h5-6,8,12,17,21H,2-4,7,9-11,13-15H2,1H3,(H,22,23);1H/t17-,20+;/m0./s1. The lowest BCUT2D eigenvalue weighted by Crippen LogP contribution is -2.44. The van der Waals surface area contributed by atoms with Crippen LogP contribution in [0, 0.1) is 11.3 Å². The van der Waals surface area contributed by atoms with E-state index in [0.717, 1.165) is 43.6 Å². The van der Waals surface area contributed by atoms with Gasteiger partial charge in [0, 0.05) is 18.8 Å². The SMILES string of the molecule is CCOCCOCc1cccc(NC(=O)[C@@]23CCCC[C@H]2CNC3)c1.Cl. The Labute approximate surface area is 162 Å². The van der Waals surface area contributed by atoms with Crippen LogP contribution in [-0.4, -0.2) is 38.8 Å². The van der Waals surface area contributed by atoms with Crippen molar-refractivity contribution in [1.82, 2.24) is 5.32 Å². The molecule has 2 aliphatic rings. The summed E-state index contributed by atoms with van der Waals surface area (Å²) < 4.78 is 10.9. The first-order valence-corrected chi connectivity index (χ1v) is 9.51. The van der Waals surface area contributed by atoms with Crippen molar-refractivity contribution in [2.24, 2.45) is 11.3 Å². The summed E-state index contributed by atoms with van der Waals surface area (Å²) in [5.41, 5.74) is 1.71. The van der Waals surface area contributed by atoms with Crippen molar-refractivity contribution in [3.05, 3.63) is 29.8 Å². The van der Waals surface area contributed by atoms with Crippen LogP contribution in [0.4, 0.5) is 5.69 Å². The molecule has 0 aromatic heterocycles. The van der Waals surface area contributed by atoms with Crippen molar-refractivity contribution in [3.8, 4) is 0 Å². The molecule has 0 radical (unpaired) electrons. The van der Waals surface area contributed by atoms with Gasteiger partial charge in [0.25, 0.3) is 0 Å². The molecule has 26 heavy (non-hydrogen) atoms. The summed E-state index contributed by atoms with van der Waals surface area (Å²) in [6.45, 7) is 6.20. The van der Waals surface area contributed by atoms with E-state index < -0.39 is 0 Å². The Morgan fingerprint density at radius 3 is 3.00 bits per heavy atom. The minimum atomic E-state index is -0.220. The van der Waals surface area contributed by atoms with Crippen molar-refractivity contribution in [2.75, 3.05) is 38.2 Å². The third-order valence-electron chi connectivity index (χ3n) is 5.52. The fourth-order valence-electron chi connectivity index (χ4n) is 4.14. The zero-order valence-electron chi connectivity index (χ0n) is 15.6. The molecule has 0 unspecified atom stereocenters. The maximum atomic E-state index is 13.0. The van der Waals surface area contributed by atoms with E-state index in [0.29, 0.717) is 32.3 Å². The number of carbonyl (C=O) groups is 1. The number of fused-ring (bicyclic) bond motifs is 1. The van der Waals surface area contributed by atoms with Crippen LogP contribution >= 0.6 is 12.4 Å². The van der Waals surface area contributed by atoms with Crippen LogP contribution in [0.15, 0.2) is 24.3 Å². The van der Waals surface area contributed by atoms with Crippen molar-refractivity contribution in [2.45, 2.75) is 39.2 Å². The number of hydrogen-bond donors (Lipinski definition) is 2. The molecule has 1 heterocycles. The number of benzene rings is 1. The fourth-order valence-corrected chi connectivity index (χ4v) is 4.14. The number of hydrogen-bond acceptors (Lipinski definition) is 4. The maximum absolute atomic E-state index is 13.0. The number of halogens is 1. The summed E-state index contributed by atoms with van der Waals surface area (Å²) in [6, 6.07) is 7.96. The molecule has 1 saturated heterocycles. The lowest BCUT2D eigenvalue weighted by molar-refractivity contribution is -0.128. The average Bonchev–Trinajstić information content (AvgIpc) is 3.07. The highest BCUT2D eigenvalue weighted by Crippen LogP contribution is 2.44. The van der Waals surface area contributed by atoms with Crippen LogP contribution in [0.5, 0.6) is 0 Å². The predicted molar refractivity (Wildman–Crippen MR) is 106 cm³/mol. The lowest BCUT2D eigenvalue weighted by Gasteiger charge is -2.37. The molecule has 1 aliphatic heterocycles. The second-order valence-electron chi connectivity index (χ2n) is 7.13. The smallest absolute Gasteiger partial charge is 0.232 e. The monoisotopic (exact) mass is 382 g/mol. The fraction of sp³-hybridized carbons (Fsp3) is 0.650. The third kappa shape index (κ3) is 4.97. The van der Waals surface area contributed by atoms with Gasteiger partial charge in [0.05, 0.1) is 25.2 Å². The summed E-state index contributed by atoms with van der Waals surface area (Å²) in [6.07, 6.45) is 4.56. The Morgan fingerprint density at radius 2 is 2.15 bits per heavy atom. The van der Waals surface area contributed by atoms with E-state index in [4.69, 9.17) is 9.47 Å². The first-order valence-electron chi connectivity index (χ1n) is 9.51. The quantitative estimate of drug-likeness (QED) is 0.677. The molecule has 1 aromatic carbocycles. The van der Waals surface area contributed by atoms with Crippen molar-refractivity contribution in [1.29, 1.82) is 0 Å². The lowest BCUT2D eigenvalue weighted by atomic mass is 9.67. The van der Waals surface area contributed by atoms with Crippen LogP contribution in [0.1, 0.15) is 38.2 Å². The van der Waals surface area contributed by atoms with Gasteiger partial charge < -0.3 is 20.1 Å². The molecule has 2 N–H and O–H groups in total. The molecule has 1 aromatic rings.